The van der Waals surface area contributed by atoms with Crippen LogP contribution >= 0.6 is 0 Å². The van der Waals surface area contributed by atoms with Crippen LogP contribution in [0.1, 0.15) is 0 Å². The minimum absolute atomic E-state index is 0.305. The summed E-state index contributed by atoms with van der Waals surface area (Å²) < 4.78 is 0. The van der Waals surface area contributed by atoms with Crippen LogP contribution in [0.5, 0.6) is 0 Å². The van der Waals surface area contributed by atoms with E-state index in [2.05, 4.69) is 17.1 Å². The Morgan fingerprint density at radius 2 is 2.50 bits per heavy atom. The van der Waals surface area contributed by atoms with Crippen LogP contribution in [0.4, 0.5) is 5.82 Å². The lowest BCUT2D eigenvalue weighted by molar-refractivity contribution is 0.171. The molecule has 0 amide bonds. The highest BCUT2D eigenvalue weighted by Crippen LogP contribution is 2.21. The molecule has 1 aromatic heterocycles. The van der Waals surface area contributed by atoms with Crippen LogP contribution in [-0.2, 0) is 0 Å². The largest absolute Gasteiger partial charge is 0.390 e. The highest BCUT2D eigenvalue weighted by Gasteiger charge is 2.31. The molecule has 1 radical (unpaired) electrons. The smallest absolute Gasteiger partial charge is 0.128 e. The van der Waals surface area contributed by atoms with Crippen molar-refractivity contribution in [1.82, 2.24) is 4.98 Å². The number of aromatic nitrogens is 1. The maximum absolute atomic E-state index is 9.52. The van der Waals surface area contributed by atoms with Gasteiger partial charge >= 0.3 is 0 Å². The fraction of sp³-hybridized carbons (Fsp3) is 0.400. The van der Waals surface area contributed by atoms with Crippen LogP contribution in [0, 0.1) is 23.3 Å². The number of aliphatic hydroxyl groups excluding tert-OH is 1. The number of rotatable bonds is 1. The number of nitrogens with zero attached hydrogens (tertiary/aromatic N) is 3. The third-order valence-electron chi connectivity index (χ3n) is 2.38. The Labute approximate surface area is 82.4 Å². The number of anilines is 1. The van der Waals surface area contributed by atoms with Gasteiger partial charge in [0.1, 0.15) is 5.82 Å². The first-order valence-corrected chi connectivity index (χ1v) is 4.46. The molecule has 0 bridgehead atoms. The van der Waals surface area contributed by atoms with Crippen LogP contribution in [0.2, 0.25) is 0 Å². The van der Waals surface area contributed by atoms with Crippen molar-refractivity contribution in [3.05, 3.63) is 24.4 Å². The number of hydrogen-bond acceptors (Lipinski definition) is 4. The van der Waals surface area contributed by atoms with Crippen molar-refractivity contribution in [1.29, 1.82) is 5.26 Å². The molecule has 4 heteroatoms. The summed E-state index contributed by atoms with van der Waals surface area (Å²) in [5.74, 6) is 0.488. The van der Waals surface area contributed by atoms with Gasteiger partial charge in [-0.2, -0.15) is 5.26 Å². The zero-order valence-electron chi connectivity index (χ0n) is 7.59. The molecule has 1 saturated heterocycles. The summed E-state index contributed by atoms with van der Waals surface area (Å²) in [7, 11) is 0. The average molecular weight is 188 g/mol. The van der Waals surface area contributed by atoms with E-state index in [0.29, 0.717) is 13.1 Å². The second-order valence-corrected chi connectivity index (χ2v) is 3.32. The summed E-state index contributed by atoms with van der Waals surface area (Å²) in [5.41, 5.74) is 0. The van der Waals surface area contributed by atoms with E-state index in [1.165, 1.54) is 0 Å². The minimum atomic E-state index is -0.564. The summed E-state index contributed by atoms with van der Waals surface area (Å²) in [4.78, 5) is 6.02. The Balaban J connectivity index is 2.13. The van der Waals surface area contributed by atoms with Gasteiger partial charge in [0.25, 0.3) is 0 Å². The van der Waals surface area contributed by atoms with Gasteiger partial charge < -0.3 is 10.0 Å². The van der Waals surface area contributed by atoms with E-state index < -0.39 is 6.10 Å². The molecular weight excluding hydrogens is 178 g/mol. The van der Waals surface area contributed by atoms with Crippen LogP contribution in [-0.4, -0.2) is 29.3 Å². The molecular formula is C10H10N3O. The summed E-state index contributed by atoms with van der Waals surface area (Å²) in [5, 5.41) is 18.3. The number of nitriles is 1. The molecule has 1 aliphatic rings. The first-order valence-electron chi connectivity index (χ1n) is 4.46. The number of aliphatic hydroxyl groups is 1. The average Bonchev–Trinajstić information content (AvgIpc) is 2.61. The molecule has 71 valence electrons. The van der Waals surface area contributed by atoms with Gasteiger partial charge in [0, 0.05) is 25.4 Å². The summed E-state index contributed by atoms with van der Waals surface area (Å²) in [6.45, 7) is 1.03. The van der Waals surface area contributed by atoms with Gasteiger partial charge in [-0.3, -0.25) is 0 Å². The van der Waals surface area contributed by atoms with Gasteiger partial charge in [0.15, 0.2) is 0 Å². The van der Waals surface area contributed by atoms with E-state index in [9.17, 15) is 5.11 Å². The van der Waals surface area contributed by atoms with Gasteiger partial charge in [0.05, 0.1) is 18.1 Å². The van der Waals surface area contributed by atoms with E-state index in [1.807, 2.05) is 11.0 Å². The van der Waals surface area contributed by atoms with Crippen LogP contribution in [0.3, 0.4) is 0 Å². The van der Waals surface area contributed by atoms with Crippen molar-refractivity contribution in [2.24, 2.45) is 5.92 Å². The molecule has 2 heterocycles. The zero-order chi connectivity index (χ0) is 9.97. The molecule has 1 aromatic rings. The van der Waals surface area contributed by atoms with E-state index >= 15 is 0 Å². The van der Waals surface area contributed by atoms with Gasteiger partial charge in [-0.1, -0.05) is 0 Å². The van der Waals surface area contributed by atoms with Gasteiger partial charge in [-0.15, -0.1) is 0 Å². The molecule has 2 atom stereocenters. The second-order valence-electron chi connectivity index (χ2n) is 3.32. The zero-order valence-corrected chi connectivity index (χ0v) is 7.59. The van der Waals surface area contributed by atoms with E-state index in [1.54, 1.807) is 12.3 Å². The quantitative estimate of drug-likeness (QED) is 0.684. The fourth-order valence-corrected chi connectivity index (χ4v) is 1.60. The van der Waals surface area contributed by atoms with Crippen molar-refractivity contribution >= 4 is 5.82 Å². The molecule has 2 rings (SSSR count). The molecule has 4 nitrogen and oxygen atoms in total. The van der Waals surface area contributed by atoms with Crippen molar-refractivity contribution in [2.45, 2.75) is 6.10 Å². The molecule has 14 heavy (non-hydrogen) atoms. The maximum atomic E-state index is 9.52. The van der Waals surface area contributed by atoms with Crippen LogP contribution < -0.4 is 4.90 Å². The maximum Gasteiger partial charge on any atom is 0.128 e. The van der Waals surface area contributed by atoms with Gasteiger partial charge in [0.2, 0.25) is 0 Å². The van der Waals surface area contributed by atoms with E-state index in [4.69, 9.17) is 5.26 Å². The first kappa shape index (κ1) is 8.97. The molecule has 1 fully saturated rings. The Kier molecular flexibility index (Phi) is 2.33. The summed E-state index contributed by atoms with van der Waals surface area (Å²) in [6.07, 6.45) is 1.02. The number of hydrogen-bond donors (Lipinski definition) is 1. The lowest BCUT2D eigenvalue weighted by Gasteiger charge is -2.15. The van der Waals surface area contributed by atoms with Gasteiger partial charge in [-0.25, -0.2) is 4.98 Å². The van der Waals surface area contributed by atoms with E-state index in [0.717, 1.165) is 5.82 Å². The van der Waals surface area contributed by atoms with E-state index in [-0.39, 0.29) is 5.92 Å². The Morgan fingerprint density at radius 1 is 1.64 bits per heavy atom. The van der Waals surface area contributed by atoms with Crippen molar-refractivity contribution in [2.75, 3.05) is 18.0 Å². The fourth-order valence-electron chi connectivity index (χ4n) is 1.60. The minimum Gasteiger partial charge on any atom is -0.390 e. The highest BCUT2D eigenvalue weighted by atomic mass is 16.3. The number of β-amino-alcohol motifs (C(OH)–C–C–N with tert-alkyl or cyclic N) is 1. The van der Waals surface area contributed by atoms with Gasteiger partial charge in [-0.05, 0) is 12.1 Å². The Hall–Kier alpha value is -1.60. The molecule has 0 spiro atoms. The summed E-state index contributed by atoms with van der Waals surface area (Å²) >= 11 is 0. The summed E-state index contributed by atoms with van der Waals surface area (Å²) in [6, 6.07) is 8.51. The molecule has 1 N–H and O–H groups in total. The predicted molar refractivity (Wildman–Crippen MR) is 50.4 cm³/mol. The molecule has 2 unspecified atom stereocenters. The third kappa shape index (κ3) is 1.54. The molecule has 0 aliphatic carbocycles. The Morgan fingerprint density at radius 3 is 3.07 bits per heavy atom. The Bertz CT molecular complexity index is 346. The SMILES string of the molecule is N#CC1CN(c2cc[c]cn2)CC1O. The molecule has 0 aromatic carbocycles. The molecule has 1 aliphatic heterocycles. The first-order chi connectivity index (χ1) is 6.81. The predicted octanol–water partition coefficient (Wildman–Crippen LogP) is 0.202. The normalized spacial score (nSPS) is 26.1. The van der Waals surface area contributed by atoms with Crippen molar-refractivity contribution < 1.29 is 5.11 Å². The topological polar surface area (TPSA) is 60.2 Å². The highest BCUT2D eigenvalue weighted by molar-refractivity contribution is 5.40. The number of pyridine rings is 1. The second kappa shape index (κ2) is 3.64. The van der Waals surface area contributed by atoms with Crippen LogP contribution in [0.15, 0.2) is 18.3 Å². The molecule has 0 saturated carbocycles. The standard InChI is InChI=1S/C10H10N3O/c11-5-8-6-13(7-9(8)14)10-3-1-2-4-12-10/h1,3-4,8-9,14H,6-7H2. The lowest BCUT2D eigenvalue weighted by atomic mass is 10.1. The monoisotopic (exact) mass is 188 g/mol. The van der Waals surface area contributed by atoms with Crippen LogP contribution in [0.25, 0.3) is 0 Å². The van der Waals surface area contributed by atoms with Crippen molar-refractivity contribution in [3.63, 3.8) is 0 Å². The lowest BCUT2D eigenvalue weighted by Crippen LogP contribution is -2.21. The van der Waals surface area contributed by atoms with Crippen molar-refractivity contribution in [3.8, 4) is 6.07 Å². The third-order valence-corrected chi connectivity index (χ3v) is 2.38.